The highest BCUT2D eigenvalue weighted by Gasteiger charge is 2.53. The molecule has 3 fully saturated rings. The van der Waals surface area contributed by atoms with E-state index in [1.165, 1.54) is 12.8 Å². The van der Waals surface area contributed by atoms with E-state index in [1.807, 2.05) is 0 Å². The molecule has 2 atom stereocenters. The first-order valence-corrected chi connectivity index (χ1v) is 6.19. The minimum atomic E-state index is -0.885. The first-order valence-electron chi connectivity index (χ1n) is 6.19. The number of carboxylic acids is 1. The Kier molecular flexibility index (Phi) is 2.19. The summed E-state index contributed by atoms with van der Waals surface area (Å²) in [6.07, 6.45) is 5.53. The number of hydrogen-bond donors (Lipinski definition) is 1. The Balaban J connectivity index is 1.60. The van der Waals surface area contributed by atoms with E-state index in [9.17, 15) is 9.59 Å². The van der Waals surface area contributed by atoms with Crippen LogP contribution >= 0.6 is 0 Å². The molecular weight excluding hydrogens is 206 g/mol. The van der Waals surface area contributed by atoms with Crippen molar-refractivity contribution in [2.75, 3.05) is 6.54 Å². The number of carbonyl (C=O) groups is 2. The normalized spacial score (nSPS) is 32.2. The third kappa shape index (κ3) is 1.93. The number of amides is 1. The molecule has 0 radical (unpaired) electrons. The van der Waals surface area contributed by atoms with Crippen LogP contribution in [0.3, 0.4) is 0 Å². The molecule has 0 aromatic heterocycles. The van der Waals surface area contributed by atoms with Crippen LogP contribution in [-0.4, -0.2) is 34.5 Å². The minimum Gasteiger partial charge on any atom is -0.480 e. The fourth-order valence-corrected chi connectivity index (χ4v) is 2.68. The van der Waals surface area contributed by atoms with Crippen LogP contribution in [0.5, 0.6) is 0 Å². The number of nitrogens with zero attached hydrogens (tertiary/aromatic N) is 1. The minimum absolute atomic E-state index is 0.0998. The van der Waals surface area contributed by atoms with Crippen LogP contribution in [0.25, 0.3) is 0 Å². The molecule has 88 valence electrons. The maximum Gasteiger partial charge on any atom is 0.323 e. The molecule has 4 nitrogen and oxygen atoms in total. The third-order valence-corrected chi connectivity index (χ3v) is 3.96. The Bertz CT molecular complexity index is 333. The summed E-state index contributed by atoms with van der Waals surface area (Å²) in [5, 5.41) is 8.81. The van der Waals surface area contributed by atoms with E-state index >= 15 is 0 Å². The molecule has 2 unspecified atom stereocenters. The van der Waals surface area contributed by atoms with Crippen LogP contribution in [0, 0.1) is 17.8 Å². The molecule has 3 aliphatic rings. The van der Waals surface area contributed by atoms with Crippen molar-refractivity contribution in [1.29, 1.82) is 0 Å². The van der Waals surface area contributed by atoms with Crippen LogP contribution in [0.2, 0.25) is 0 Å². The number of aliphatic carboxylic acids is 1. The van der Waals surface area contributed by atoms with Gasteiger partial charge in [-0.3, -0.25) is 9.59 Å². The topological polar surface area (TPSA) is 57.6 Å². The van der Waals surface area contributed by atoms with Crippen molar-refractivity contribution in [2.45, 2.75) is 38.1 Å². The summed E-state index contributed by atoms with van der Waals surface area (Å²) in [6.45, 7) is -0.0998. The zero-order valence-corrected chi connectivity index (χ0v) is 9.26. The summed E-state index contributed by atoms with van der Waals surface area (Å²) in [4.78, 5) is 24.5. The standard InChI is InChI=1S/C12H17NO3/c14-11(15)6-13(8-3-4-8)12(16)10-5-9(10)7-1-2-7/h7-10H,1-6H2,(H,14,15). The second-order valence-electron chi connectivity index (χ2n) is 5.43. The van der Waals surface area contributed by atoms with Gasteiger partial charge in [0.25, 0.3) is 0 Å². The molecule has 0 aromatic carbocycles. The van der Waals surface area contributed by atoms with Gasteiger partial charge in [-0.15, -0.1) is 0 Å². The number of carbonyl (C=O) groups excluding carboxylic acids is 1. The molecule has 0 heterocycles. The van der Waals surface area contributed by atoms with Gasteiger partial charge < -0.3 is 10.0 Å². The fourth-order valence-electron chi connectivity index (χ4n) is 2.68. The lowest BCUT2D eigenvalue weighted by Crippen LogP contribution is -2.38. The summed E-state index contributed by atoms with van der Waals surface area (Å²) in [6, 6.07) is 0.226. The first-order chi connectivity index (χ1) is 7.66. The molecule has 0 saturated heterocycles. The predicted octanol–water partition coefficient (Wildman–Crippen LogP) is 1.11. The van der Waals surface area contributed by atoms with Gasteiger partial charge in [0.05, 0.1) is 0 Å². The van der Waals surface area contributed by atoms with Gasteiger partial charge >= 0.3 is 5.97 Å². The zero-order valence-electron chi connectivity index (χ0n) is 9.26. The number of hydrogen-bond acceptors (Lipinski definition) is 2. The first kappa shape index (κ1) is 10.1. The van der Waals surface area contributed by atoms with Crippen molar-refractivity contribution in [1.82, 2.24) is 4.90 Å². The van der Waals surface area contributed by atoms with E-state index in [0.717, 1.165) is 25.2 Å². The maximum absolute atomic E-state index is 12.1. The van der Waals surface area contributed by atoms with E-state index < -0.39 is 5.97 Å². The van der Waals surface area contributed by atoms with Crippen LogP contribution in [0.15, 0.2) is 0 Å². The molecule has 0 aromatic rings. The third-order valence-electron chi connectivity index (χ3n) is 3.96. The maximum atomic E-state index is 12.1. The van der Waals surface area contributed by atoms with Crippen LogP contribution in [0.1, 0.15) is 32.1 Å². The predicted molar refractivity (Wildman–Crippen MR) is 56.7 cm³/mol. The van der Waals surface area contributed by atoms with E-state index in [1.54, 1.807) is 4.90 Å². The summed E-state index contributed by atoms with van der Waals surface area (Å²) < 4.78 is 0. The second kappa shape index (κ2) is 3.47. The molecule has 4 heteroatoms. The van der Waals surface area contributed by atoms with Crippen molar-refractivity contribution in [3.8, 4) is 0 Å². The molecule has 0 bridgehead atoms. The summed E-state index contributed by atoms with van der Waals surface area (Å²) >= 11 is 0. The van der Waals surface area contributed by atoms with E-state index in [0.29, 0.717) is 5.92 Å². The lowest BCUT2D eigenvalue weighted by atomic mass is 10.2. The molecule has 0 spiro atoms. The Labute approximate surface area is 94.6 Å². The molecule has 0 aliphatic heterocycles. The van der Waals surface area contributed by atoms with E-state index in [4.69, 9.17) is 5.11 Å². The molecular formula is C12H17NO3. The van der Waals surface area contributed by atoms with Crippen molar-refractivity contribution in [3.63, 3.8) is 0 Å². The van der Waals surface area contributed by atoms with Crippen LogP contribution < -0.4 is 0 Å². The van der Waals surface area contributed by atoms with Gasteiger partial charge in [0, 0.05) is 12.0 Å². The average Bonchev–Trinajstić information content (AvgIpc) is 3.13. The van der Waals surface area contributed by atoms with Gasteiger partial charge in [-0.05, 0) is 43.9 Å². The molecule has 3 aliphatic carbocycles. The fraction of sp³-hybridized carbons (Fsp3) is 0.833. The highest BCUT2D eigenvalue weighted by atomic mass is 16.4. The Hall–Kier alpha value is -1.06. The zero-order chi connectivity index (χ0) is 11.3. The molecule has 3 saturated carbocycles. The summed E-state index contributed by atoms with van der Waals surface area (Å²) in [7, 11) is 0. The van der Waals surface area contributed by atoms with Crippen LogP contribution in [0.4, 0.5) is 0 Å². The summed E-state index contributed by atoms with van der Waals surface area (Å²) in [5.41, 5.74) is 0. The van der Waals surface area contributed by atoms with Gasteiger partial charge in [-0.2, -0.15) is 0 Å². The van der Waals surface area contributed by atoms with Gasteiger partial charge in [-0.1, -0.05) is 0 Å². The Morgan fingerprint density at radius 2 is 1.88 bits per heavy atom. The van der Waals surface area contributed by atoms with Crippen molar-refractivity contribution in [2.24, 2.45) is 17.8 Å². The SMILES string of the molecule is O=C(O)CN(C(=O)C1CC1C1CC1)C1CC1. The Morgan fingerprint density at radius 1 is 1.19 bits per heavy atom. The van der Waals surface area contributed by atoms with Gasteiger partial charge in [0.2, 0.25) is 5.91 Å². The monoisotopic (exact) mass is 223 g/mol. The average molecular weight is 223 g/mol. The van der Waals surface area contributed by atoms with E-state index in [2.05, 4.69) is 0 Å². The number of rotatable bonds is 5. The van der Waals surface area contributed by atoms with Crippen LogP contribution in [-0.2, 0) is 9.59 Å². The largest absolute Gasteiger partial charge is 0.480 e. The van der Waals surface area contributed by atoms with E-state index in [-0.39, 0.29) is 24.4 Å². The molecule has 1 amide bonds. The Morgan fingerprint density at radius 3 is 2.38 bits per heavy atom. The highest BCUT2D eigenvalue weighted by molar-refractivity contribution is 5.85. The lowest BCUT2D eigenvalue weighted by molar-refractivity contribution is -0.145. The smallest absolute Gasteiger partial charge is 0.323 e. The second-order valence-corrected chi connectivity index (χ2v) is 5.43. The number of carboxylic acid groups (broad SMARTS) is 1. The van der Waals surface area contributed by atoms with Gasteiger partial charge in [-0.25, -0.2) is 0 Å². The molecule has 1 N–H and O–H groups in total. The molecule has 3 rings (SSSR count). The van der Waals surface area contributed by atoms with Gasteiger partial charge in [0.15, 0.2) is 0 Å². The lowest BCUT2D eigenvalue weighted by Gasteiger charge is -2.20. The van der Waals surface area contributed by atoms with Gasteiger partial charge in [0.1, 0.15) is 6.54 Å². The van der Waals surface area contributed by atoms with Crippen molar-refractivity contribution in [3.05, 3.63) is 0 Å². The highest BCUT2D eigenvalue weighted by Crippen LogP contribution is 2.55. The summed E-state index contributed by atoms with van der Waals surface area (Å²) in [5.74, 6) is 0.750. The quantitative estimate of drug-likeness (QED) is 0.759. The molecule has 16 heavy (non-hydrogen) atoms. The van der Waals surface area contributed by atoms with Crippen molar-refractivity contribution >= 4 is 11.9 Å². The van der Waals surface area contributed by atoms with Crippen molar-refractivity contribution < 1.29 is 14.7 Å².